The summed E-state index contributed by atoms with van der Waals surface area (Å²) in [5.41, 5.74) is 3.44. The minimum absolute atomic E-state index is 0.0655. The molecule has 0 bridgehead atoms. The van der Waals surface area contributed by atoms with Crippen LogP contribution >= 0.6 is 0 Å². The zero-order valence-electron chi connectivity index (χ0n) is 15.8. The molecule has 1 aliphatic heterocycles. The fraction of sp³-hybridized carbons (Fsp3) is 0.273. The molecule has 144 valence electrons. The van der Waals surface area contributed by atoms with E-state index >= 15 is 0 Å². The largest absolute Gasteiger partial charge is 0.488 e. The van der Waals surface area contributed by atoms with Crippen LogP contribution in [0.5, 0.6) is 5.75 Å². The summed E-state index contributed by atoms with van der Waals surface area (Å²) < 4.78 is 13.3. The number of nitrogens with one attached hydrogen (secondary N) is 1. The number of hydrogen-bond donors (Lipinski definition) is 1. The molecular weight excluding hydrogens is 354 g/mol. The van der Waals surface area contributed by atoms with E-state index in [1.54, 1.807) is 17.1 Å². The highest BCUT2D eigenvalue weighted by Crippen LogP contribution is 2.24. The van der Waals surface area contributed by atoms with Crippen molar-refractivity contribution in [2.45, 2.75) is 26.0 Å². The molecule has 0 spiro atoms. The first-order chi connectivity index (χ1) is 13.7. The minimum Gasteiger partial charge on any atom is -0.488 e. The van der Waals surface area contributed by atoms with E-state index in [0.717, 1.165) is 35.6 Å². The Morgan fingerprint density at radius 2 is 2.14 bits per heavy atom. The summed E-state index contributed by atoms with van der Waals surface area (Å²) in [6.45, 7) is 3.74. The molecule has 2 heterocycles. The fourth-order valence-electron chi connectivity index (χ4n) is 3.23. The highest BCUT2D eigenvalue weighted by atomic mass is 16.5. The van der Waals surface area contributed by atoms with Crippen molar-refractivity contribution in [3.63, 3.8) is 0 Å². The van der Waals surface area contributed by atoms with Gasteiger partial charge in [-0.25, -0.2) is 4.98 Å². The number of aromatic nitrogens is 2. The zero-order chi connectivity index (χ0) is 19.3. The van der Waals surface area contributed by atoms with E-state index in [1.165, 1.54) is 0 Å². The van der Waals surface area contributed by atoms with Crippen molar-refractivity contribution < 1.29 is 14.3 Å². The maximum Gasteiger partial charge on any atom is 0.270 e. The molecule has 1 saturated heterocycles. The second-order valence-corrected chi connectivity index (χ2v) is 6.88. The molecule has 2 aromatic carbocycles. The number of carbonyl (C=O) groups is 1. The van der Waals surface area contributed by atoms with Gasteiger partial charge in [0.05, 0.1) is 25.7 Å². The van der Waals surface area contributed by atoms with Gasteiger partial charge in [0.2, 0.25) is 0 Å². The van der Waals surface area contributed by atoms with Crippen LogP contribution in [0.1, 0.15) is 28.0 Å². The van der Waals surface area contributed by atoms with Crippen LogP contribution in [0.4, 0.5) is 0 Å². The van der Waals surface area contributed by atoms with E-state index in [0.29, 0.717) is 18.8 Å². The van der Waals surface area contributed by atoms with Crippen LogP contribution in [0.15, 0.2) is 61.1 Å². The van der Waals surface area contributed by atoms with Crippen molar-refractivity contribution in [1.29, 1.82) is 0 Å². The standard InChI is InChI=1S/C22H23N3O3/c1-16-7-8-17(21(11-16)28-19-9-10-27-14-19)12-24-22(26)20-13-23-15-25(20)18-5-3-2-4-6-18/h2-8,11,13,15,19H,9-10,12,14H2,1H3,(H,24,26). The van der Waals surface area contributed by atoms with Crippen LogP contribution in [0, 0.1) is 6.92 Å². The number of ether oxygens (including phenoxy) is 2. The molecule has 28 heavy (non-hydrogen) atoms. The number of imidazole rings is 1. The molecule has 6 heteroatoms. The van der Waals surface area contributed by atoms with Crippen LogP contribution in [-0.4, -0.2) is 34.8 Å². The minimum atomic E-state index is -0.183. The van der Waals surface area contributed by atoms with Gasteiger partial charge in [-0.15, -0.1) is 0 Å². The molecule has 1 unspecified atom stereocenters. The second-order valence-electron chi connectivity index (χ2n) is 6.88. The highest BCUT2D eigenvalue weighted by molar-refractivity contribution is 5.93. The molecule has 3 aromatic rings. The third kappa shape index (κ3) is 4.07. The van der Waals surface area contributed by atoms with E-state index in [2.05, 4.69) is 10.3 Å². The SMILES string of the molecule is Cc1ccc(CNC(=O)c2cncn2-c2ccccc2)c(OC2CCOC2)c1. The third-order valence-corrected chi connectivity index (χ3v) is 4.75. The number of benzene rings is 2. The number of para-hydroxylation sites is 1. The smallest absolute Gasteiger partial charge is 0.270 e. The normalized spacial score (nSPS) is 16.1. The van der Waals surface area contributed by atoms with Gasteiger partial charge < -0.3 is 14.8 Å². The van der Waals surface area contributed by atoms with Gasteiger partial charge in [0.15, 0.2) is 0 Å². The summed E-state index contributed by atoms with van der Waals surface area (Å²) in [5, 5.41) is 2.99. The molecule has 6 nitrogen and oxygen atoms in total. The predicted octanol–water partition coefficient (Wildman–Crippen LogP) is 3.28. The number of hydrogen-bond acceptors (Lipinski definition) is 4. The van der Waals surface area contributed by atoms with E-state index in [4.69, 9.17) is 9.47 Å². The number of carbonyl (C=O) groups excluding carboxylic acids is 1. The van der Waals surface area contributed by atoms with Crippen molar-refractivity contribution in [1.82, 2.24) is 14.9 Å². The predicted molar refractivity (Wildman–Crippen MR) is 106 cm³/mol. The first-order valence-corrected chi connectivity index (χ1v) is 9.40. The summed E-state index contributed by atoms with van der Waals surface area (Å²) in [5.74, 6) is 0.615. The van der Waals surface area contributed by atoms with E-state index in [9.17, 15) is 4.79 Å². The lowest BCUT2D eigenvalue weighted by atomic mass is 10.1. The lowest BCUT2D eigenvalue weighted by Crippen LogP contribution is -2.26. The Balaban J connectivity index is 1.48. The summed E-state index contributed by atoms with van der Waals surface area (Å²) in [6, 6.07) is 15.7. The molecule has 0 saturated carbocycles. The first kappa shape index (κ1) is 18.3. The first-order valence-electron chi connectivity index (χ1n) is 9.40. The quantitative estimate of drug-likeness (QED) is 0.716. The van der Waals surface area contributed by atoms with E-state index < -0.39 is 0 Å². The molecule has 1 amide bonds. The lowest BCUT2D eigenvalue weighted by molar-refractivity contribution is 0.0943. The average Bonchev–Trinajstić information content (AvgIpc) is 3.40. The van der Waals surface area contributed by atoms with Gasteiger partial charge in [0.1, 0.15) is 17.5 Å². The second kappa shape index (κ2) is 8.27. The molecule has 1 N–H and O–H groups in total. The Hall–Kier alpha value is -3.12. The van der Waals surface area contributed by atoms with Gasteiger partial charge in [0, 0.05) is 24.2 Å². The van der Waals surface area contributed by atoms with E-state index in [1.807, 2.05) is 55.5 Å². The van der Waals surface area contributed by atoms with Crippen LogP contribution in [0.25, 0.3) is 5.69 Å². The summed E-state index contributed by atoms with van der Waals surface area (Å²) in [4.78, 5) is 16.9. The van der Waals surface area contributed by atoms with Crippen molar-refractivity contribution in [2.24, 2.45) is 0 Å². The molecule has 1 aromatic heterocycles. The third-order valence-electron chi connectivity index (χ3n) is 4.75. The van der Waals surface area contributed by atoms with Crippen molar-refractivity contribution in [3.8, 4) is 11.4 Å². The number of nitrogens with zero attached hydrogens (tertiary/aromatic N) is 2. The van der Waals surface area contributed by atoms with Gasteiger partial charge in [-0.05, 0) is 30.7 Å². The van der Waals surface area contributed by atoms with Gasteiger partial charge in [-0.3, -0.25) is 9.36 Å². The summed E-state index contributed by atoms with van der Waals surface area (Å²) >= 11 is 0. The van der Waals surface area contributed by atoms with Gasteiger partial charge in [-0.2, -0.15) is 0 Å². The fourth-order valence-corrected chi connectivity index (χ4v) is 3.23. The zero-order valence-corrected chi connectivity index (χ0v) is 15.8. The van der Waals surface area contributed by atoms with Gasteiger partial charge in [0.25, 0.3) is 5.91 Å². The van der Waals surface area contributed by atoms with Crippen LogP contribution < -0.4 is 10.1 Å². The molecule has 1 fully saturated rings. The maximum atomic E-state index is 12.8. The van der Waals surface area contributed by atoms with Crippen LogP contribution in [0.2, 0.25) is 0 Å². The summed E-state index contributed by atoms with van der Waals surface area (Å²) in [7, 11) is 0. The summed E-state index contributed by atoms with van der Waals surface area (Å²) in [6.07, 6.45) is 4.17. The Morgan fingerprint density at radius 3 is 2.93 bits per heavy atom. The monoisotopic (exact) mass is 377 g/mol. The molecule has 1 atom stereocenters. The highest BCUT2D eigenvalue weighted by Gasteiger charge is 2.19. The van der Waals surface area contributed by atoms with Crippen molar-refractivity contribution >= 4 is 5.91 Å². The number of rotatable bonds is 6. The topological polar surface area (TPSA) is 65.4 Å². The van der Waals surface area contributed by atoms with Crippen LogP contribution in [-0.2, 0) is 11.3 Å². The molecule has 1 aliphatic rings. The van der Waals surface area contributed by atoms with Crippen molar-refractivity contribution in [3.05, 3.63) is 77.9 Å². The van der Waals surface area contributed by atoms with E-state index in [-0.39, 0.29) is 12.0 Å². The Kier molecular flexibility index (Phi) is 5.39. The number of amides is 1. The molecule has 4 rings (SSSR count). The molecule has 0 aliphatic carbocycles. The Labute approximate surface area is 164 Å². The van der Waals surface area contributed by atoms with Gasteiger partial charge >= 0.3 is 0 Å². The molecular formula is C22H23N3O3. The van der Waals surface area contributed by atoms with Crippen molar-refractivity contribution in [2.75, 3.05) is 13.2 Å². The Bertz CT molecular complexity index is 947. The Morgan fingerprint density at radius 1 is 1.29 bits per heavy atom. The van der Waals surface area contributed by atoms with Crippen LogP contribution in [0.3, 0.4) is 0 Å². The lowest BCUT2D eigenvalue weighted by Gasteiger charge is -2.17. The number of aryl methyl sites for hydroxylation is 1. The maximum absolute atomic E-state index is 12.8. The average molecular weight is 377 g/mol. The van der Waals surface area contributed by atoms with Gasteiger partial charge in [-0.1, -0.05) is 30.3 Å². The molecule has 0 radical (unpaired) electrons.